The molecular formula is C21H21N5O5. The van der Waals surface area contributed by atoms with Gasteiger partial charge in [-0.15, -0.1) is 5.10 Å². The van der Waals surface area contributed by atoms with E-state index in [1.807, 2.05) is 35.2 Å². The van der Waals surface area contributed by atoms with E-state index >= 15 is 0 Å². The van der Waals surface area contributed by atoms with Gasteiger partial charge < -0.3 is 19.7 Å². The molecule has 160 valence electrons. The first-order chi connectivity index (χ1) is 15.0. The van der Waals surface area contributed by atoms with E-state index in [-0.39, 0.29) is 0 Å². The van der Waals surface area contributed by atoms with Gasteiger partial charge in [-0.25, -0.2) is 4.68 Å². The van der Waals surface area contributed by atoms with Crippen molar-refractivity contribution in [2.24, 2.45) is 0 Å². The fourth-order valence-electron chi connectivity index (χ4n) is 3.41. The van der Waals surface area contributed by atoms with Gasteiger partial charge in [-0.2, -0.15) is 0 Å². The lowest BCUT2D eigenvalue weighted by Crippen LogP contribution is -2.44. The van der Waals surface area contributed by atoms with Gasteiger partial charge in [0.25, 0.3) is 0 Å². The average molecular weight is 423 g/mol. The second-order valence-electron chi connectivity index (χ2n) is 6.82. The molecule has 1 aliphatic heterocycles. The molecule has 31 heavy (non-hydrogen) atoms. The standard InChI is InChI=1S/C21H21N5O5/c1-30-15-8-9-16(17(12-15)31-2)22-18(27)13-26-20(29)19(28)25-11-10-24(21(25)23-26)14-6-4-3-5-7-14/h3-9,12H,10-11,13H2,1-2H3,(H,22,27). The number of nitrogens with one attached hydrogen (secondary N) is 1. The van der Waals surface area contributed by atoms with Gasteiger partial charge in [-0.05, 0) is 24.3 Å². The van der Waals surface area contributed by atoms with Crippen molar-refractivity contribution in [2.75, 3.05) is 31.0 Å². The molecule has 2 heterocycles. The SMILES string of the molecule is COc1ccc(NC(=O)Cn2nc3n(c(=O)c2=O)CCN3c2ccccc2)c(OC)c1. The summed E-state index contributed by atoms with van der Waals surface area (Å²) in [5, 5.41) is 6.98. The van der Waals surface area contributed by atoms with Crippen LogP contribution in [0.5, 0.6) is 11.5 Å². The van der Waals surface area contributed by atoms with Gasteiger partial charge in [0.15, 0.2) is 0 Å². The Bertz CT molecular complexity index is 1240. The number of carbonyl (C=O) groups is 1. The summed E-state index contributed by atoms with van der Waals surface area (Å²) in [6.07, 6.45) is 0. The number of anilines is 3. The third-order valence-electron chi connectivity index (χ3n) is 4.95. The summed E-state index contributed by atoms with van der Waals surface area (Å²) >= 11 is 0. The number of ether oxygens (including phenoxy) is 2. The summed E-state index contributed by atoms with van der Waals surface area (Å²) < 4.78 is 12.6. The number of aromatic nitrogens is 3. The lowest BCUT2D eigenvalue weighted by Gasteiger charge is -2.17. The molecule has 0 saturated heterocycles. The van der Waals surface area contributed by atoms with Crippen LogP contribution in [0.15, 0.2) is 58.1 Å². The maximum absolute atomic E-state index is 12.6. The van der Waals surface area contributed by atoms with Crippen LogP contribution in [0.2, 0.25) is 0 Å². The molecular weight excluding hydrogens is 402 g/mol. The smallest absolute Gasteiger partial charge is 0.333 e. The highest BCUT2D eigenvalue weighted by Gasteiger charge is 2.26. The molecule has 0 spiro atoms. The van der Waals surface area contributed by atoms with E-state index in [9.17, 15) is 14.4 Å². The van der Waals surface area contributed by atoms with Crippen LogP contribution in [0, 0.1) is 0 Å². The maximum atomic E-state index is 12.6. The van der Waals surface area contributed by atoms with Crippen LogP contribution in [-0.4, -0.2) is 41.0 Å². The van der Waals surface area contributed by atoms with E-state index in [0.29, 0.717) is 36.2 Å². The van der Waals surface area contributed by atoms with Crippen molar-refractivity contribution in [1.82, 2.24) is 14.3 Å². The summed E-state index contributed by atoms with van der Waals surface area (Å²) in [6.45, 7) is 0.437. The zero-order valence-corrected chi connectivity index (χ0v) is 17.1. The topological polar surface area (TPSA) is 108 Å². The van der Waals surface area contributed by atoms with Crippen LogP contribution in [-0.2, 0) is 17.9 Å². The normalized spacial score (nSPS) is 12.4. The van der Waals surface area contributed by atoms with E-state index in [1.165, 1.54) is 18.8 Å². The largest absolute Gasteiger partial charge is 0.497 e. The van der Waals surface area contributed by atoms with Crippen molar-refractivity contribution in [2.45, 2.75) is 13.1 Å². The van der Waals surface area contributed by atoms with Crippen LogP contribution < -0.4 is 30.8 Å². The molecule has 10 nitrogen and oxygen atoms in total. The average Bonchev–Trinajstić information content (AvgIpc) is 3.22. The first-order valence-corrected chi connectivity index (χ1v) is 9.58. The van der Waals surface area contributed by atoms with Crippen LogP contribution in [0.4, 0.5) is 17.3 Å². The fraction of sp³-hybridized carbons (Fsp3) is 0.238. The molecule has 0 atom stereocenters. The lowest BCUT2D eigenvalue weighted by molar-refractivity contribution is -0.117. The van der Waals surface area contributed by atoms with E-state index in [4.69, 9.17) is 9.47 Å². The summed E-state index contributed by atoms with van der Waals surface area (Å²) in [7, 11) is 2.99. The first kappa shape index (κ1) is 20.2. The van der Waals surface area contributed by atoms with Crippen LogP contribution in [0.25, 0.3) is 0 Å². The minimum Gasteiger partial charge on any atom is -0.497 e. The molecule has 1 aromatic heterocycles. The molecule has 0 fully saturated rings. The molecule has 1 aliphatic rings. The van der Waals surface area contributed by atoms with Gasteiger partial charge in [0.1, 0.15) is 18.0 Å². The van der Waals surface area contributed by atoms with E-state index in [0.717, 1.165) is 10.4 Å². The van der Waals surface area contributed by atoms with Crippen molar-refractivity contribution in [1.29, 1.82) is 0 Å². The zero-order chi connectivity index (χ0) is 22.0. The van der Waals surface area contributed by atoms with E-state index < -0.39 is 23.6 Å². The van der Waals surface area contributed by atoms with Gasteiger partial charge in [0.2, 0.25) is 11.9 Å². The number of fused-ring (bicyclic) bond motifs is 1. The molecule has 3 aromatic rings. The van der Waals surface area contributed by atoms with Crippen LogP contribution >= 0.6 is 0 Å². The number of rotatable bonds is 6. The Morgan fingerprint density at radius 3 is 2.52 bits per heavy atom. The molecule has 2 aromatic carbocycles. The number of nitrogens with zero attached hydrogens (tertiary/aromatic N) is 4. The fourth-order valence-corrected chi connectivity index (χ4v) is 3.41. The third-order valence-corrected chi connectivity index (χ3v) is 4.95. The number of hydrogen-bond acceptors (Lipinski definition) is 7. The molecule has 0 saturated carbocycles. The van der Waals surface area contributed by atoms with Crippen molar-refractivity contribution in [3.63, 3.8) is 0 Å². The Labute approximate surface area is 177 Å². The highest BCUT2D eigenvalue weighted by Crippen LogP contribution is 2.29. The summed E-state index contributed by atoms with van der Waals surface area (Å²) in [5.74, 6) is 0.773. The molecule has 10 heteroatoms. The van der Waals surface area contributed by atoms with Crippen molar-refractivity contribution in [3.8, 4) is 11.5 Å². The number of amides is 1. The summed E-state index contributed by atoms with van der Waals surface area (Å²) in [4.78, 5) is 39.5. The number of carbonyl (C=O) groups excluding carboxylic acids is 1. The van der Waals surface area contributed by atoms with Crippen molar-refractivity contribution >= 4 is 23.2 Å². The molecule has 0 radical (unpaired) electrons. The second kappa shape index (κ2) is 8.34. The Kier molecular flexibility index (Phi) is 5.44. The van der Waals surface area contributed by atoms with Gasteiger partial charge in [-0.1, -0.05) is 18.2 Å². The highest BCUT2D eigenvalue weighted by molar-refractivity contribution is 5.92. The molecule has 0 aliphatic carbocycles. The molecule has 4 rings (SSSR count). The highest BCUT2D eigenvalue weighted by atomic mass is 16.5. The van der Waals surface area contributed by atoms with Crippen LogP contribution in [0.1, 0.15) is 0 Å². The lowest BCUT2D eigenvalue weighted by atomic mass is 10.2. The molecule has 1 N–H and O–H groups in total. The van der Waals surface area contributed by atoms with Crippen molar-refractivity contribution in [3.05, 3.63) is 69.2 Å². The Balaban J connectivity index is 1.61. The van der Waals surface area contributed by atoms with Gasteiger partial charge >= 0.3 is 11.1 Å². The summed E-state index contributed by atoms with van der Waals surface area (Å²) in [5.41, 5.74) is -0.308. The predicted octanol–water partition coefficient (Wildman–Crippen LogP) is 1.21. The Hall–Kier alpha value is -4.08. The monoisotopic (exact) mass is 423 g/mol. The third kappa shape index (κ3) is 3.87. The number of methoxy groups -OCH3 is 2. The minimum absolute atomic E-state index is 0.325. The second-order valence-corrected chi connectivity index (χ2v) is 6.82. The van der Waals surface area contributed by atoms with Gasteiger partial charge in [0, 0.05) is 24.8 Å². The minimum atomic E-state index is -0.851. The molecule has 0 unspecified atom stereocenters. The molecule has 0 bridgehead atoms. The van der Waals surface area contributed by atoms with Gasteiger partial charge in [0.05, 0.1) is 19.9 Å². The van der Waals surface area contributed by atoms with E-state index in [2.05, 4.69) is 10.4 Å². The summed E-state index contributed by atoms with van der Waals surface area (Å²) in [6, 6.07) is 14.3. The Morgan fingerprint density at radius 2 is 1.81 bits per heavy atom. The predicted molar refractivity (Wildman–Crippen MR) is 114 cm³/mol. The van der Waals surface area contributed by atoms with Crippen LogP contribution in [0.3, 0.4) is 0 Å². The Morgan fingerprint density at radius 1 is 1.03 bits per heavy atom. The number of para-hydroxylation sites is 1. The maximum Gasteiger partial charge on any atom is 0.333 e. The van der Waals surface area contributed by atoms with Gasteiger partial charge in [-0.3, -0.25) is 19.0 Å². The van der Waals surface area contributed by atoms with Crippen molar-refractivity contribution < 1.29 is 14.3 Å². The number of hydrogen-bond donors (Lipinski definition) is 1. The first-order valence-electron chi connectivity index (χ1n) is 9.58. The number of benzene rings is 2. The zero-order valence-electron chi connectivity index (χ0n) is 17.1. The quantitative estimate of drug-likeness (QED) is 0.594. The molecule has 1 amide bonds. The van der Waals surface area contributed by atoms with E-state index in [1.54, 1.807) is 18.2 Å².